The van der Waals surface area contributed by atoms with E-state index in [1.165, 1.54) is 0 Å². The summed E-state index contributed by atoms with van der Waals surface area (Å²) in [6, 6.07) is 0. The van der Waals surface area contributed by atoms with Crippen LogP contribution in [0.25, 0.3) is 0 Å². The van der Waals surface area contributed by atoms with Gasteiger partial charge in [0.2, 0.25) is 5.91 Å². The van der Waals surface area contributed by atoms with Gasteiger partial charge in [-0.15, -0.1) is 0 Å². The van der Waals surface area contributed by atoms with Gasteiger partial charge in [0.1, 0.15) is 0 Å². The van der Waals surface area contributed by atoms with Crippen LogP contribution >= 0.6 is 0 Å². The number of ether oxygens (including phenoxy) is 1. The van der Waals surface area contributed by atoms with Crippen LogP contribution in [0.3, 0.4) is 0 Å². The van der Waals surface area contributed by atoms with E-state index < -0.39 is 5.41 Å². The molecule has 3 N–H and O–H groups in total. The van der Waals surface area contributed by atoms with Gasteiger partial charge in [-0.3, -0.25) is 4.79 Å². The summed E-state index contributed by atoms with van der Waals surface area (Å²) in [5.74, 6) is 0.0314. The third-order valence-corrected chi connectivity index (χ3v) is 3.11. The average Bonchev–Trinajstić information content (AvgIpc) is 2.31. The molecular formula is C13H26N2O2. The molecule has 0 rings (SSSR count). The Hall–Kier alpha value is -0.870. The summed E-state index contributed by atoms with van der Waals surface area (Å²) >= 11 is 0. The fourth-order valence-corrected chi connectivity index (χ4v) is 1.62. The standard InChI is InChI=1S/C13H26N2O2/c1-5-13(6-2,10-14)12(16)15-7-8-17-9-11(3)4/h3,5-10,14H2,1-2,4H3,(H,15,16). The van der Waals surface area contributed by atoms with Crippen LogP contribution in [-0.2, 0) is 9.53 Å². The zero-order valence-corrected chi connectivity index (χ0v) is 11.3. The highest BCUT2D eigenvalue weighted by Crippen LogP contribution is 2.24. The quantitative estimate of drug-likeness (QED) is 0.475. The third kappa shape index (κ3) is 5.33. The number of carbonyl (C=O) groups is 1. The molecule has 0 saturated heterocycles. The molecule has 0 heterocycles. The highest BCUT2D eigenvalue weighted by atomic mass is 16.5. The van der Waals surface area contributed by atoms with Gasteiger partial charge in [-0.05, 0) is 19.8 Å². The van der Waals surface area contributed by atoms with Crippen LogP contribution in [0, 0.1) is 5.41 Å². The predicted molar refractivity (Wildman–Crippen MR) is 70.7 cm³/mol. The molecular weight excluding hydrogens is 216 g/mol. The summed E-state index contributed by atoms with van der Waals surface area (Å²) in [4.78, 5) is 12.0. The van der Waals surface area contributed by atoms with Gasteiger partial charge in [0.25, 0.3) is 0 Å². The molecule has 0 saturated carbocycles. The predicted octanol–water partition coefficient (Wildman–Crippen LogP) is 1.46. The Morgan fingerprint density at radius 2 is 2.00 bits per heavy atom. The maximum Gasteiger partial charge on any atom is 0.227 e. The van der Waals surface area contributed by atoms with E-state index in [0.29, 0.717) is 26.3 Å². The molecule has 17 heavy (non-hydrogen) atoms. The van der Waals surface area contributed by atoms with Gasteiger partial charge in [0, 0.05) is 13.1 Å². The van der Waals surface area contributed by atoms with E-state index in [1.54, 1.807) is 0 Å². The summed E-state index contributed by atoms with van der Waals surface area (Å²) in [6.07, 6.45) is 1.52. The molecule has 0 unspecified atom stereocenters. The lowest BCUT2D eigenvalue weighted by Crippen LogP contribution is -2.46. The van der Waals surface area contributed by atoms with Crippen LogP contribution in [0.4, 0.5) is 0 Å². The number of hydrogen-bond donors (Lipinski definition) is 2. The molecule has 0 spiro atoms. The normalized spacial score (nSPS) is 11.3. The summed E-state index contributed by atoms with van der Waals surface area (Å²) in [5.41, 5.74) is 6.26. The van der Waals surface area contributed by atoms with Crippen LogP contribution in [-0.4, -0.2) is 32.2 Å². The fourth-order valence-electron chi connectivity index (χ4n) is 1.62. The molecule has 100 valence electrons. The van der Waals surface area contributed by atoms with Crippen molar-refractivity contribution >= 4 is 5.91 Å². The van der Waals surface area contributed by atoms with Gasteiger partial charge >= 0.3 is 0 Å². The van der Waals surface area contributed by atoms with Crippen LogP contribution in [0.2, 0.25) is 0 Å². The first kappa shape index (κ1) is 16.1. The lowest BCUT2D eigenvalue weighted by Gasteiger charge is -2.28. The minimum atomic E-state index is -0.422. The minimum Gasteiger partial charge on any atom is -0.375 e. The molecule has 0 fully saturated rings. The van der Waals surface area contributed by atoms with E-state index in [9.17, 15) is 4.79 Å². The highest BCUT2D eigenvalue weighted by Gasteiger charge is 2.32. The van der Waals surface area contributed by atoms with Crippen molar-refractivity contribution in [1.29, 1.82) is 0 Å². The van der Waals surface area contributed by atoms with Crippen LogP contribution in [0.15, 0.2) is 12.2 Å². The van der Waals surface area contributed by atoms with E-state index in [-0.39, 0.29) is 5.91 Å². The maximum atomic E-state index is 12.0. The first-order chi connectivity index (χ1) is 8.02. The van der Waals surface area contributed by atoms with Crippen molar-refractivity contribution in [3.8, 4) is 0 Å². The molecule has 4 nitrogen and oxygen atoms in total. The number of hydrogen-bond acceptors (Lipinski definition) is 3. The first-order valence-electron chi connectivity index (χ1n) is 6.23. The topological polar surface area (TPSA) is 64.3 Å². The van der Waals surface area contributed by atoms with E-state index in [4.69, 9.17) is 10.5 Å². The molecule has 0 bridgehead atoms. The largest absolute Gasteiger partial charge is 0.375 e. The summed E-state index contributed by atoms with van der Waals surface area (Å²) < 4.78 is 5.31. The number of carbonyl (C=O) groups excluding carboxylic acids is 1. The average molecular weight is 242 g/mol. The zero-order chi connectivity index (χ0) is 13.3. The molecule has 1 amide bonds. The molecule has 0 atom stereocenters. The van der Waals surface area contributed by atoms with E-state index >= 15 is 0 Å². The monoisotopic (exact) mass is 242 g/mol. The number of nitrogens with two attached hydrogens (primary N) is 1. The summed E-state index contributed by atoms with van der Waals surface area (Å²) in [6.45, 7) is 11.6. The van der Waals surface area contributed by atoms with Crippen LogP contribution in [0.5, 0.6) is 0 Å². The van der Waals surface area contributed by atoms with Gasteiger partial charge in [-0.2, -0.15) is 0 Å². The van der Waals surface area contributed by atoms with Gasteiger partial charge in [0.05, 0.1) is 18.6 Å². The SMILES string of the molecule is C=C(C)COCCNC(=O)C(CC)(CC)CN. The van der Waals surface area contributed by atoms with E-state index in [2.05, 4.69) is 11.9 Å². The second-order valence-electron chi connectivity index (χ2n) is 4.46. The van der Waals surface area contributed by atoms with E-state index in [0.717, 1.165) is 18.4 Å². The minimum absolute atomic E-state index is 0.0314. The van der Waals surface area contributed by atoms with Crippen molar-refractivity contribution in [3.05, 3.63) is 12.2 Å². The molecule has 0 radical (unpaired) electrons. The second-order valence-corrected chi connectivity index (χ2v) is 4.46. The van der Waals surface area contributed by atoms with E-state index in [1.807, 2.05) is 20.8 Å². The van der Waals surface area contributed by atoms with Crippen LogP contribution in [0.1, 0.15) is 33.6 Å². The van der Waals surface area contributed by atoms with Gasteiger partial charge in [-0.1, -0.05) is 26.0 Å². The van der Waals surface area contributed by atoms with Crippen molar-refractivity contribution in [1.82, 2.24) is 5.32 Å². The Morgan fingerprint density at radius 1 is 1.41 bits per heavy atom. The molecule has 0 aliphatic carbocycles. The Kier molecular flexibility index (Phi) is 7.83. The molecule has 0 aromatic rings. The fraction of sp³-hybridized carbons (Fsp3) is 0.769. The Balaban J connectivity index is 3.95. The van der Waals surface area contributed by atoms with Crippen molar-refractivity contribution in [2.75, 3.05) is 26.3 Å². The van der Waals surface area contributed by atoms with Gasteiger partial charge in [0.15, 0.2) is 0 Å². The number of nitrogens with one attached hydrogen (secondary N) is 1. The molecule has 0 aromatic carbocycles. The van der Waals surface area contributed by atoms with Crippen LogP contribution < -0.4 is 11.1 Å². The molecule has 4 heteroatoms. The Morgan fingerprint density at radius 3 is 2.41 bits per heavy atom. The molecule has 0 aliphatic heterocycles. The van der Waals surface area contributed by atoms with Crippen molar-refractivity contribution < 1.29 is 9.53 Å². The zero-order valence-electron chi connectivity index (χ0n) is 11.3. The third-order valence-electron chi connectivity index (χ3n) is 3.11. The van der Waals surface area contributed by atoms with Gasteiger partial charge < -0.3 is 15.8 Å². The summed E-state index contributed by atoms with van der Waals surface area (Å²) in [7, 11) is 0. The molecule has 0 aromatic heterocycles. The number of amides is 1. The van der Waals surface area contributed by atoms with Gasteiger partial charge in [-0.25, -0.2) is 0 Å². The van der Waals surface area contributed by atoms with Crippen molar-refractivity contribution in [2.24, 2.45) is 11.1 Å². The van der Waals surface area contributed by atoms with Crippen molar-refractivity contribution in [2.45, 2.75) is 33.6 Å². The number of rotatable bonds is 9. The highest BCUT2D eigenvalue weighted by molar-refractivity contribution is 5.82. The molecule has 0 aliphatic rings. The Bertz CT molecular complexity index is 240. The Labute approximate surface area is 105 Å². The van der Waals surface area contributed by atoms with Crippen molar-refractivity contribution in [3.63, 3.8) is 0 Å². The second kappa shape index (κ2) is 8.25. The smallest absolute Gasteiger partial charge is 0.227 e. The summed E-state index contributed by atoms with van der Waals surface area (Å²) in [5, 5.41) is 2.88. The first-order valence-corrected chi connectivity index (χ1v) is 6.23. The maximum absolute atomic E-state index is 12.0. The lowest BCUT2D eigenvalue weighted by atomic mass is 9.81. The lowest BCUT2D eigenvalue weighted by molar-refractivity contribution is -0.131.